The van der Waals surface area contributed by atoms with Crippen molar-refractivity contribution >= 4 is 12.1 Å². The largest absolute Gasteiger partial charge is 0.480 e. The molecule has 0 rings (SSSR count). The molecule has 0 saturated heterocycles. The van der Waals surface area contributed by atoms with Crippen LogP contribution >= 0.6 is 0 Å². The SMILES string of the molecule is C=CCCCCCCCCOC(=O)NCCCC[C@H](N)C(=O)O. The van der Waals surface area contributed by atoms with Crippen LogP contribution in [0.1, 0.15) is 64.2 Å². The van der Waals surface area contributed by atoms with Crippen LogP contribution in [0.5, 0.6) is 0 Å². The van der Waals surface area contributed by atoms with Crippen LogP contribution in [0, 0.1) is 0 Å². The van der Waals surface area contributed by atoms with E-state index in [0.29, 0.717) is 32.4 Å². The van der Waals surface area contributed by atoms with E-state index in [4.69, 9.17) is 15.6 Å². The Balaban J connectivity index is 3.28. The van der Waals surface area contributed by atoms with Gasteiger partial charge in [0.15, 0.2) is 0 Å². The molecule has 0 spiro atoms. The topological polar surface area (TPSA) is 102 Å². The maximum Gasteiger partial charge on any atom is 0.407 e. The minimum absolute atomic E-state index is 0.404. The van der Waals surface area contributed by atoms with Crippen LogP contribution in [0.2, 0.25) is 0 Å². The average molecular weight is 328 g/mol. The van der Waals surface area contributed by atoms with E-state index in [1.165, 1.54) is 25.7 Å². The van der Waals surface area contributed by atoms with E-state index >= 15 is 0 Å². The third-order valence-electron chi connectivity index (χ3n) is 3.56. The van der Waals surface area contributed by atoms with Gasteiger partial charge in [0.1, 0.15) is 6.04 Å². The standard InChI is InChI=1S/C17H32N2O4/c1-2-3-4-5-6-7-8-11-14-23-17(22)19-13-10-9-12-15(18)16(20)21/h2,15H,1,3-14,18H2,(H,19,22)(H,20,21)/t15-/m0/s1. The predicted molar refractivity (Wildman–Crippen MR) is 91.3 cm³/mol. The quantitative estimate of drug-likeness (QED) is 0.316. The van der Waals surface area contributed by atoms with Gasteiger partial charge in [0.25, 0.3) is 0 Å². The summed E-state index contributed by atoms with van der Waals surface area (Å²) < 4.78 is 5.07. The maximum atomic E-state index is 11.4. The second-order valence-corrected chi connectivity index (χ2v) is 5.70. The molecular weight excluding hydrogens is 296 g/mol. The Hall–Kier alpha value is -1.56. The van der Waals surface area contributed by atoms with Crippen LogP contribution in [0.15, 0.2) is 12.7 Å². The number of aliphatic carboxylic acids is 1. The zero-order valence-corrected chi connectivity index (χ0v) is 14.1. The third-order valence-corrected chi connectivity index (χ3v) is 3.56. The number of allylic oxidation sites excluding steroid dienone is 1. The number of nitrogens with one attached hydrogen (secondary N) is 1. The number of nitrogens with two attached hydrogens (primary N) is 1. The number of rotatable bonds is 15. The summed E-state index contributed by atoms with van der Waals surface area (Å²) in [6.07, 6.45) is 11.2. The summed E-state index contributed by atoms with van der Waals surface area (Å²) in [4.78, 5) is 21.9. The maximum absolute atomic E-state index is 11.4. The number of hydrogen-bond donors (Lipinski definition) is 3. The molecule has 1 atom stereocenters. The number of carbonyl (C=O) groups excluding carboxylic acids is 1. The van der Waals surface area contributed by atoms with Crippen LogP contribution in [0.4, 0.5) is 4.79 Å². The van der Waals surface area contributed by atoms with E-state index in [0.717, 1.165) is 19.3 Å². The first-order valence-corrected chi connectivity index (χ1v) is 8.57. The molecule has 23 heavy (non-hydrogen) atoms. The van der Waals surface area contributed by atoms with Gasteiger partial charge in [-0.1, -0.05) is 31.8 Å². The first-order chi connectivity index (χ1) is 11.1. The Morgan fingerprint density at radius 2 is 1.74 bits per heavy atom. The number of amides is 1. The summed E-state index contributed by atoms with van der Waals surface area (Å²) in [5.41, 5.74) is 5.38. The molecule has 0 aromatic carbocycles. The summed E-state index contributed by atoms with van der Waals surface area (Å²) >= 11 is 0. The number of carbonyl (C=O) groups is 2. The van der Waals surface area contributed by atoms with Gasteiger partial charge in [0, 0.05) is 6.54 Å². The Morgan fingerprint density at radius 1 is 1.09 bits per heavy atom. The molecule has 0 aliphatic rings. The molecule has 0 aromatic rings. The molecule has 0 aliphatic carbocycles. The van der Waals surface area contributed by atoms with Gasteiger partial charge in [-0.15, -0.1) is 6.58 Å². The lowest BCUT2D eigenvalue weighted by Crippen LogP contribution is -2.30. The lowest BCUT2D eigenvalue weighted by atomic mass is 10.1. The summed E-state index contributed by atoms with van der Waals surface area (Å²) in [5.74, 6) is -0.988. The fourth-order valence-electron chi connectivity index (χ4n) is 2.12. The average Bonchev–Trinajstić information content (AvgIpc) is 2.52. The number of ether oxygens (including phenoxy) is 1. The van der Waals surface area contributed by atoms with E-state index in [1.807, 2.05) is 6.08 Å². The number of carboxylic acid groups (broad SMARTS) is 1. The predicted octanol–water partition coefficient (Wildman–Crippen LogP) is 3.21. The van der Waals surface area contributed by atoms with Crippen molar-refractivity contribution in [2.24, 2.45) is 5.73 Å². The van der Waals surface area contributed by atoms with Crippen LogP contribution in [0.3, 0.4) is 0 Å². The molecule has 4 N–H and O–H groups in total. The first kappa shape index (κ1) is 21.4. The molecule has 134 valence electrons. The molecule has 0 aliphatic heterocycles. The van der Waals surface area contributed by atoms with Gasteiger partial charge in [0.05, 0.1) is 6.61 Å². The molecule has 0 heterocycles. The molecule has 0 fully saturated rings. The van der Waals surface area contributed by atoms with Crippen molar-refractivity contribution in [3.63, 3.8) is 0 Å². The van der Waals surface area contributed by atoms with E-state index < -0.39 is 18.1 Å². The van der Waals surface area contributed by atoms with Gasteiger partial charge in [-0.3, -0.25) is 4.79 Å². The van der Waals surface area contributed by atoms with Crippen LogP contribution in [-0.2, 0) is 9.53 Å². The van der Waals surface area contributed by atoms with Crippen molar-refractivity contribution in [3.05, 3.63) is 12.7 Å². The summed E-state index contributed by atoms with van der Waals surface area (Å²) in [6.45, 7) is 4.63. The van der Waals surface area contributed by atoms with Crippen LogP contribution in [0.25, 0.3) is 0 Å². The van der Waals surface area contributed by atoms with Gasteiger partial charge in [-0.05, 0) is 38.5 Å². The highest BCUT2D eigenvalue weighted by atomic mass is 16.5. The van der Waals surface area contributed by atoms with Crippen molar-refractivity contribution < 1.29 is 19.4 Å². The molecule has 0 aromatic heterocycles. The smallest absolute Gasteiger partial charge is 0.407 e. The zero-order chi connectivity index (χ0) is 17.3. The van der Waals surface area contributed by atoms with Crippen LogP contribution in [-0.4, -0.2) is 36.4 Å². The second-order valence-electron chi connectivity index (χ2n) is 5.70. The minimum atomic E-state index is -0.988. The normalized spacial score (nSPS) is 11.7. The Labute approximate surface area is 139 Å². The highest BCUT2D eigenvalue weighted by Crippen LogP contribution is 2.07. The Bertz CT molecular complexity index is 335. The monoisotopic (exact) mass is 328 g/mol. The minimum Gasteiger partial charge on any atom is -0.480 e. The molecular formula is C17H32N2O4. The van der Waals surface area contributed by atoms with Crippen molar-refractivity contribution in [2.75, 3.05) is 13.2 Å². The molecule has 6 nitrogen and oxygen atoms in total. The highest BCUT2D eigenvalue weighted by molar-refractivity contribution is 5.72. The fraction of sp³-hybridized carbons (Fsp3) is 0.765. The van der Waals surface area contributed by atoms with Crippen molar-refractivity contribution in [2.45, 2.75) is 70.3 Å². The number of hydrogen-bond acceptors (Lipinski definition) is 4. The number of alkyl carbamates (subject to hydrolysis) is 1. The van der Waals surface area contributed by atoms with Crippen molar-refractivity contribution in [1.82, 2.24) is 5.32 Å². The lowest BCUT2D eigenvalue weighted by molar-refractivity contribution is -0.138. The highest BCUT2D eigenvalue weighted by Gasteiger charge is 2.10. The molecule has 0 unspecified atom stereocenters. The van der Waals surface area contributed by atoms with Gasteiger partial charge in [0.2, 0.25) is 0 Å². The van der Waals surface area contributed by atoms with Gasteiger partial charge >= 0.3 is 12.1 Å². The third kappa shape index (κ3) is 15.1. The molecule has 6 heteroatoms. The Morgan fingerprint density at radius 3 is 2.39 bits per heavy atom. The van der Waals surface area contributed by atoms with Crippen molar-refractivity contribution in [3.8, 4) is 0 Å². The second kappa shape index (κ2) is 15.3. The number of unbranched alkanes of at least 4 members (excludes halogenated alkanes) is 7. The number of carboxylic acids is 1. The molecule has 0 saturated carbocycles. The summed E-state index contributed by atoms with van der Waals surface area (Å²) in [6, 6.07) is -0.821. The Kier molecular flexibility index (Phi) is 14.3. The first-order valence-electron chi connectivity index (χ1n) is 8.57. The zero-order valence-electron chi connectivity index (χ0n) is 14.1. The molecule has 1 amide bonds. The lowest BCUT2D eigenvalue weighted by Gasteiger charge is -2.08. The molecule has 0 bridgehead atoms. The fourth-order valence-corrected chi connectivity index (χ4v) is 2.12. The summed E-state index contributed by atoms with van der Waals surface area (Å²) in [7, 11) is 0. The van der Waals surface area contributed by atoms with E-state index in [9.17, 15) is 9.59 Å². The van der Waals surface area contributed by atoms with Gasteiger partial charge < -0.3 is 20.9 Å². The van der Waals surface area contributed by atoms with Crippen molar-refractivity contribution in [1.29, 1.82) is 0 Å². The van der Waals surface area contributed by atoms with Crippen LogP contribution < -0.4 is 11.1 Å². The van der Waals surface area contributed by atoms with Gasteiger partial charge in [-0.2, -0.15) is 0 Å². The van der Waals surface area contributed by atoms with E-state index in [1.54, 1.807) is 0 Å². The molecule has 0 radical (unpaired) electrons. The van der Waals surface area contributed by atoms with E-state index in [2.05, 4.69) is 11.9 Å². The van der Waals surface area contributed by atoms with E-state index in [-0.39, 0.29) is 0 Å². The van der Waals surface area contributed by atoms with Gasteiger partial charge in [-0.25, -0.2) is 4.79 Å². The summed E-state index contributed by atoms with van der Waals surface area (Å²) in [5, 5.41) is 11.3.